The van der Waals surface area contributed by atoms with E-state index in [2.05, 4.69) is 15.4 Å². The van der Waals surface area contributed by atoms with Gasteiger partial charge in [0.05, 0.1) is 10.6 Å². The van der Waals surface area contributed by atoms with Gasteiger partial charge >= 0.3 is 0 Å². The third-order valence-electron chi connectivity index (χ3n) is 4.43. The highest BCUT2D eigenvalue weighted by molar-refractivity contribution is 6.33. The van der Waals surface area contributed by atoms with E-state index in [0.29, 0.717) is 44.2 Å². The Hall–Kier alpha value is -2.83. The number of anilines is 1. The molecule has 3 aromatic rings. The van der Waals surface area contributed by atoms with Crippen molar-refractivity contribution in [2.24, 2.45) is 5.73 Å². The molecule has 0 unspecified atom stereocenters. The third-order valence-corrected chi connectivity index (χ3v) is 5.11. The number of carbonyl (C=O) groups is 1. The Bertz CT molecular complexity index is 1090. The molecule has 0 bridgehead atoms. The van der Waals surface area contributed by atoms with Crippen LogP contribution in [0.5, 0.6) is 0 Å². The van der Waals surface area contributed by atoms with Crippen LogP contribution >= 0.6 is 23.2 Å². The number of nitrogens with one attached hydrogen (secondary N) is 1. The van der Waals surface area contributed by atoms with Crippen LogP contribution in [0.1, 0.15) is 18.5 Å². The molecule has 8 heteroatoms. The van der Waals surface area contributed by atoms with Crippen molar-refractivity contribution in [1.29, 1.82) is 0 Å². The monoisotopic (exact) mass is 399 g/mol. The van der Waals surface area contributed by atoms with Gasteiger partial charge in [-0.05, 0) is 25.1 Å². The summed E-state index contributed by atoms with van der Waals surface area (Å²) in [6.07, 6.45) is 0. The number of hydrogen-bond donors (Lipinski definition) is 2. The van der Waals surface area contributed by atoms with Crippen molar-refractivity contribution < 1.29 is 4.79 Å². The summed E-state index contributed by atoms with van der Waals surface area (Å²) in [5.74, 6) is 0.376. The first-order valence-corrected chi connectivity index (χ1v) is 8.96. The number of primary amides is 1. The van der Waals surface area contributed by atoms with E-state index in [1.54, 1.807) is 23.7 Å². The summed E-state index contributed by atoms with van der Waals surface area (Å²) in [5, 5.41) is 8.76. The lowest BCUT2D eigenvalue weighted by atomic mass is 9.95. The zero-order valence-electron chi connectivity index (χ0n) is 14.3. The molecule has 2 aromatic carbocycles. The number of allylic oxidation sites excluding steroid dienone is 1. The number of amides is 1. The van der Waals surface area contributed by atoms with Gasteiger partial charge in [-0.15, -0.1) is 5.10 Å². The van der Waals surface area contributed by atoms with E-state index < -0.39 is 11.9 Å². The molecule has 1 atom stereocenters. The normalized spacial score (nSPS) is 16.0. The van der Waals surface area contributed by atoms with Crippen LogP contribution in [-0.2, 0) is 4.79 Å². The maximum atomic E-state index is 12.2. The van der Waals surface area contributed by atoms with Gasteiger partial charge in [0.2, 0.25) is 11.9 Å². The summed E-state index contributed by atoms with van der Waals surface area (Å²) >= 11 is 12.7. The molecule has 1 aromatic heterocycles. The molecule has 0 spiro atoms. The molecule has 0 radical (unpaired) electrons. The SMILES string of the molecule is CC1=C(C(N)=O)[C@H](c2ccccc2Cl)n2nc(-c3ccccc3Cl)nc2N1. The molecule has 1 aliphatic heterocycles. The largest absolute Gasteiger partial charge is 0.366 e. The standard InChI is InChI=1S/C19H15Cl2N5O/c1-10-15(17(22)27)16(11-6-2-4-8-13(11)20)26-19(23-10)24-18(25-26)12-7-3-5-9-14(12)21/h2-9,16H,1H3,(H2,22,27)(H,23,24,25)/t16-/m0/s1. The molecule has 4 rings (SSSR count). The van der Waals surface area contributed by atoms with Gasteiger partial charge in [0, 0.05) is 21.8 Å². The topological polar surface area (TPSA) is 85.8 Å². The summed E-state index contributed by atoms with van der Waals surface area (Å²) < 4.78 is 1.62. The Morgan fingerprint density at radius 2 is 1.78 bits per heavy atom. The Balaban J connectivity index is 1.93. The van der Waals surface area contributed by atoms with Crippen molar-refractivity contribution in [3.05, 3.63) is 75.4 Å². The summed E-state index contributed by atoms with van der Waals surface area (Å²) in [4.78, 5) is 16.8. The van der Waals surface area contributed by atoms with Crippen molar-refractivity contribution in [2.75, 3.05) is 5.32 Å². The molecule has 0 saturated carbocycles. The van der Waals surface area contributed by atoms with Crippen molar-refractivity contribution in [3.63, 3.8) is 0 Å². The Morgan fingerprint density at radius 1 is 1.11 bits per heavy atom. The smallest absolute Gasteiger partial charge is 0.248 e. The molecule has 1 aliphatic rings. The number of nitrogens with zero attached hydrogens (tertiary/aromatic N) is 3. The molecule has 6 nitrogen and oxygen atoms in total. The zero-order chi connectivity index (χ0) is 19.1. The molecule has 0 aliphatic carbocycles. The van der Waals surface area contributed by atoms with Gasteiger partial charge < -0.3 is 11.1 Å². The van der Waals surface area contributed by atoms with Crippen LogP contribution in [0.3, 0.4) is 0 Å². The van der Waals surface area contributed by atoms with Crippen LogP contribution in [0.2, 0.25) is 10.0 Å². The molecule has 2 heterocycles. The summed E-state index contributed by atoms with van der Waals surface area (Å²) in [6.45, 7) is 1.78. The highest BCUT2D eigenvalue weighted by atomic mass is 35.5. The number of nitrogens with two attached hydrogens (primary N) is 1. The molecular formula is C19H15Cl2N5O. The highest BCUT2D eigenvalue weighted by Crippen LogP contribution is 2.39. The average Bonchev–Trinajstić information content (AvgIpc) is 3.04. The number of benzene rings is 2. The summed E-state index contributed by atoms with van der Waals surface area (Å²) in [7, 11) is 0. The lowest BCUT2D eigenvalue weighted by Gasteiger charge is -2.28. The van der Waals surface area contributed by atoms with E-state index in [1.165, 1.54) is 0 Å². The van der Waals surface area contributed by atoms with Gasteiger partial charge in [-0.1, -0.05) is 53.5 Å². The second-order valence-corrected chi connectivity index (χ2v) is 6.95. The average molecular weight is 400 g/mol. The van der Waals surface area contributed by atoms with Gasteiger partial charge in [0.15, 0.2) is 5.82 Å². The van der Waals surface area contributed by atoms with Gasteiger partial charge in [-0.2, -0.15) is 4.98 Å². The maximum absolute atomic E-state index is 12.2. The fraction of sp³-hybridized carbons (Fsp3) is 0.105. The summed E-state index contributed by atoms with van der Waals surface area (Å²) in [6, 6.07) is 14.0. The Morgan fingerprint density at radius 3 is 2.44 bits per heavy atom. The number of halogens is 2. The minimum absolute atomic E-state index is 0.381. The van der Waals surface area contributed by atoms with E-state index in [0.717, 1.165) is 0 Å². The molecule has 1 amide bonds. The van der Waals surface area contributed by atoms with E-state index in [-0.39, 0.29) is 0 Å². The van der Waals surface area contributed by atoms with Gasteiger partial charge in [-0.25, -0.2) is 4.68 Å². The van der Waals surface area contributed by atoms with Crippen LogP contribution in [0.4, 0.5) is 5.95 Å². The lowest BCUT2D eigenvalue weighted by Crippen LogP contribution is -2.32. The predicted octanol–water partition coefficient (Wildman–Crippen LogP) is 4.03. The third kappa shape index (κ3) is 2.97. The maximum Gasteiger partial charge on any atom is 0.248 e. The number of fused-ring (bicyclic) bond motifs is 1. The Labute approximate surface area is 165 Å². The first-order valence-electron chi connectivity index (χ1n) is 8.21. The van der Waals surface area contributed by atoms with Crippen LogP contribution in [-0.4, -0.2) is 20.7 Å². The predicted molar refractivity (Wildman–Crippen MR) is 106 cm³/mol. The number of rotatable bonds is 3. The van der Waals surface area contributed by atoms with Crippen LogP contribution < -0.4 is 11.1 Å². The number of aromatic nitrogens is 3. The van der Waals surface area contributed by atoms with E-state index in [1.807, 2.05) is 36.4 Å². The Kier molecular flexibility index (Phi) is 4.37. The second kappa shape index (κ2) is 6.72. The van der Waals surface area contributed by atoms with Crippen molar-refractivity contribution in [2.45, 2.75) is 13.0 Å². The quantitative estimate of drug-likeness (QED) is 0.695. The van der Waals surface area contributed by atoms with Gasteiger partial charge in [0.25, 0.3) is 0 Å². The second-order valence-electron chi connectivity index (χ2n) is 6.14. The first kappa shape index (κ1) is 17.6. The van der Waals surface area contributed by atoms with Crippen LogP contribution in [0, 0.1) is 0 Å². The van der Waals surface area contributed by atoms with Crippen molar-refractivity contribution in [3.8, 4) is 11.4 Å². The molecule has 0 saturated heterocycles. The zero-order valence-corrected chi connectivity index (χ0v) is 15.8. The van der Waals surface area contributed by atoms with Crippen molar-refractivity contribution in [1.82, 2.24) is 14.8 Å². The number of hydrogen-bond acceptors (Lipinski definition) is 4. The van der Waals surface area contributed by atoms with Gasteiger partial charge in [0.1, 0.15) is 6.04 Å². The summed E-state index contributed by atoms with van der Waals surface area (Å²) in [5.41, 5.74) is 8.07. The van der Waals surface area contributed by atoms with E-state index in [9.17, 15) is 4.79 Å². The highest BCUT2D eigenvalue weighted by Gasteiger charge is 2.34. The molecule has 0 fully saturated rings. The van der Waals surface area contributed by atoms with Crippen molar-refractivity contribution >= 4 is 35.1 Å². The molecule has 136 valence electrons. The van der Waals surface area contributed by atoms with Gasteiger partial charge in [-0.3, -0.25) is 4.79 Å². The van der Waals surface area contributed by atoms with E-state index in [4.69, 9.17) is 28.9 Å². The minimum atomic E-state index is -0.587. The fourth-order valence-electron chi connectivity index (χ4n) is 3.21. The molecule has 27 heavy (non-hydrogen) atoms. The fourth-order valence-corrected chi connectivity index (χ4v) is 3.67. The van der Waals surface area contributed by atoms with Crippen LogP contribution in [0.15, 0.2) is 59.8 Å². The molecular weight excluding hydrogens is 385 g/mol. The lowest BCUT2D eigenvalue weighted by molar-refractivity contribution is -0.115. The molecule has 3 N–H and O–H groups in total. The van der Waals surface area contributed by atoms with E-state index >= 15 is 0 Å². The number of carbonyl (C=O) groups excluding carboxylic acids is 1. The first-order chi connectivity index (χ1) is 13.0. The van der Waals surface area contributed by atoms with Crippen LogP contribution in [0.25, 0.3) is 11.4 Å². The minimum Gasteiger partial charge on any atom is -0.366 e.